The Hall–Kier alpha value is -1.85. The summed E-state index contributed by atoms with van der Waals surface area (Å²) in [6.45, 7) is 1.15. The number of benzene rings is 1. The van der Waals surface area contributed by atoms with Crippen molar-refractivity contribution in [1.82, 2.24) is 15.1 Å². The first kappa shape index (κ1) is 16.0. The zero-order valence-electron chi connectivity index (χ0n) is 12.3. The fourth-order valence-electron chi connectivity index (χ4n) is 2.57. The maximum Gasteiger partial charge on any atom is 0.255 e. The van der Waals surface area contributed by atoms with Gasteiger partial charge in [-0.25, -0.2) is 0 Å². The van der Waals surface area contributed by atoms with Gasteiger partial charge in [-0.2, -0.15) is 5.10 Å². The van der Waals surface area contributed by atoms with E-state index in [4.69, 9.17) is 27.9 Å². The summed E-state index contributed by atoms with van der Waals surface area (Å²) in [6.07, 6.45) is 3.20. The lowest BCUT2D eigenvalue weighted by molar-refractivity contribution is 0.0525. The van der Waals surface area contributed by atoms with Gasteiger partial charge in [-0.3, -0.25) is 4.79 Å². The third-order valence-electron chi connectivity index (χ3n) is 3.66. The predicted molar refractivity (Wildman–Crippen MR) is 88.0 cm³/mol. The molecule has 1 amide bonds. The standard InChI is InChI=1S/C16H15Cl2N3O2/c17-11-5-6-14(18)13(9-11)16(22)21-8-2-3-12(10-21)23-15-4-1-7-19-20-15/h1,4-7,9,12H,2-3,8,10H2. The van der Waals surface area contributed by atoms with Crippen molar-refractivity contribution in [2.75, 3.05) is 13.1 Å². The van der Waals surface area contributed by atoms with E-state index in [2.05, 4.69) is 10.2 Å². The Kier molecular flexibility index (Phi) is 4.98. The van der Waals surface area contributed by atoms with Gasteiger partial charge in [0, 0.05) is 23.8 Å². The molecule has 2 aromatic rings. The number of hydrogen-bond donors (Lipinski definition) is 0. The zero-order valence-corrected chi connectivity index (χ0v) is 13.8. The van der Waals surface area contributed by atoms with Crippen LogP contribution in [0.25, 0.3) is 0 Å². The Balaban J connectivity index is 1.70. The molecule has 3 rings (SSSR count). The molecule has 1 aliphatic heterocycles. The fraction of sp³-hybridized carbons (Fsp3) is 0.312. The average molecular weight is 352 g/mol. The highest BCUT2D eigenvalue weighted by Gasteiger charge is 2.27. The van der Waals surface area contributed by atoms with Crippen LogP contribution in [0.3, 0.4) is 0 Å². The first-order chi connectivity index (χ1) is 11.1. The molecular weight excluding hydrogens is 337 g/mol. The number of piperidine rings is 1. The first-order valence-corrected chi connectivity index (χ1v) is 8.08. The van der Waals surface area contributed by atoms with Gasteiger partial charge >= 0.3 is 0 Å². The van der Waals surface area contributed by atoms with Crippen molar-refractivity contribution in [1.29, 1.82) is 0 Å². The Morgan fingerprint density at radius 1 is 1.30 bits per heavy atom. The van der Waals surface area contributed by atoms with Gasteiger partial charge in [0.1, 0.15) is 6.10 Å². The Bertz CT molecular complexity index is 697. The molecule has 0 bridgehead atoms. The summed E-state index contributed by atoms with van der Waals surface area (Å²) in [5.41, 5.74) is 0.416. The SMILES string of the molecule is O=C(c1cc(Cl)ccc1Cl)N1CCCC(Oc2cccnn2)C1. The molecule has 7 heteroatoms. The van der Waals surface area contributed by atoms with Crippen molar-refractivity contribution in [2.24, 2.45) is 0 Å². The summed E-state index contributed by atoms with van der Waals surface area (Å²) in [4.78, 5) is 14.4. The predicted octanol–water partition coefficient (Wildman–Crippen LogP) is 3.47. The van der Waals surface area contributed by atoms with Crippen molar-refractivity contribution >= 4 is 29.1 Å². The molecule has 0 N–H and O–H groups in total. The number of halogens is 2. The van der Waals surface area contributed by atoms with Crippen LogP contribution >= 0.6 is 23.2 Å². The largest absolute Gasteiger partial charge is 0.471 e. The maximum atomic E-state index is 12.7. The molecule has 1 aromatic heterocycles. The van der Waals surface area contributed by atoms with Crippen LogP contribution in [0.4, 0.5) is 0 Å². The second-order valence-corrected chi connectivity index (χ2v) is 6.16. The van der Waals surface area contributed by atoms with Crippen LogP contribution in [-0.2, 0) is 0 Å². The number of carbonyl (C=O) groups excluding carboxylic acids is 1. The summed E-state index contributed by atoms with van der Waals surface area (Å²) in [5, 5.41) is 8.59. The van der Waals surface area contributed by atoms with Gasteiger partial charge in [-0.05, 0) is 37.1 Å². The number of amides is 1. The van der Waals surface area contributed by atoms with E-state index in [1.807, 2.05) is 0 Å². The number of ether oxygens (including phenoxy) is 1. The summed E-state index contributed by atoms with van der Waals surface area (Å²) >= 11 is 12.1. The number of aromatic nitrogens is 2. The number of nitrogens with zero attached hydrogens (tertiary/aromatic N) is 3. The second kappa shape index (κ2) is 7.15. The second-order valence-electron chi connectivity index (χ2n) is 5.32. The van der Waals surface area contributed by atoms with E-state index in [0.29, 0.717) is 34.6 Å². The van der Waals surface area contributed by atoms with Crippen LogP contribution in [0, 0.1) is 0 Å². The van der Waals surface area contributed by atoms with Crippen molar-refractivity contribution in [3.63, 3.8) is 0 Å². The smallest absolute Gasteiger partial charge is 0.255 e. The summed E-state index contributed by atoms with van der Waals surface area (Å²) in [7, 11) is 0. The van der Waals surface area contributed by atoms with Crippen LogP contribution in [0.5, 0.6) is 5.88 Å². The summed E-state index contributed by atoms with van der Waals surface area (Å²) < 4.78 is 5.80. The molecule has 0 radical (unpaired) electrons. The van der Waals surface area contributed by atoms with Crippen LogP contribution in [0.2, 0.25) is 10.0 Å². The number of hydrogen-bond acceptors (Lipinski definition) is 4. The van der Waals surface area contributed by atoms with Gasteiger partial charge in [0.05, 0.1) is 17.1 Å². The minimum absolute atomic E-state index is 0.109. The van der Waals surface area contributed by atoms with E-state index in [-0.39, 0.29) is 12.0 Å². The topological polar surface area (TPSA) is 55.3 Å². The Labute approximate surface area is 144 Å². The minimum Gasteiger partial charge on any atom is -0.471 e. The van der Waals surface area contributed by atoms with Gasteiger partial charge in [0.25, 0.3) is 5.91 Å². The van der Waals surface area contributed by atoms with E-state index >= 15 is 0 Å². The van der Waals surface area contributed by atoms with E-state index < -0.39 is 0 Å². The maximum absolute atomic E-state index is 12.7. The molecule has 23 heavy (non-hydrogen) atoms. The molecule has 1 fully saturated rings. The monoisotopic (exact) mass is 351 g/mol. The highest BCUT2D eigenvalue weighted by atomic mass is 35.5. The van der Waals surface area contributed by atoms with Crippen molar-refractivity contribution < 1.29 is 9.53 Å². The Morgan fingerprint density at radius 2 is 2.17 bits per heavy atom. The molecule has 2 heterocycles. The lowest BCUT2D eigenvalue weighted by atomic mass is 10.1. The number of rotatable bonds is 3. The zero-order chi connectivity index (χ0) is 16.2. The normalized spacial score (nSPS) is 17.8. The molecule has 1 aliphatic rings. The van der Waals surface area contributed by atoms with Crippen molar-refractivity contribution in [2.45, 2.75) is 18.9 Å². The van der Waals surface area contributed by atoms with Crippen LogP contribution in [0.1, 0.15) is 23.2 Å². The van der Waals surface area contributed by atoms with Gasteiger partial charge in [0.15, 0.2) is 0 Å². The van der Waals surface area contributed by atoms with Gasteiger partial charge in [0.2, 0.25) is 5.88 Å². The van der Waals surface area contributed by atoms with Crippen LogP contribution < -0.4 is 4.74 Å². The van der Waals surface area contributed by atoms with Crippen molar-refractivity contribution in [3.05, 3.63) is 52.1 Å². The third kappa shape index (κ3) is 3.92. The molecule has 1 unspecified atom stereocenters. The molecular formula is C16H15Cl2N3O2. The van der Waals surface area contributed by atoms with E-state index in [1.54, 1.807) is 41.4 Å². The third-order valence-corrected chi connectivity index (χ3v) is 4.22. The quantitative estimate of drug-likeness (QED) is 0.849. The molecule has 1 aromatic carbocycles. The summed E-state index contributed by atoms with van der Waals surface area (Å²) in [5.74, 6) is 0.331. The van der Waals surface area contributed by atoms with E-state index in [9.17, 15) is 4.79 Å². The van der Waals surface area contributed by atoms with E-state index in [0.717, 1.165) is 12.8 Å². The minimum atomic E-state index is -0.134. The highest BCUT2D eigenvalue weighted by molar-refractivity contribution is 6.35. The van der Waals surface area contributed by atoms with Gasteiger partial charge in [-0.15, -0.1) is 5.10 Å². The van der Waals surface area contributed by atoms with Crippen molar-refractivity contribution in [3.8, 4) is 5.88 Å². The van der Waals surface area contributed by atoms with Gasteiger partial charge in [-0.1, -0.05) is 23.2 Å². The van der Waals surface area contributed by atoms with Crippen LogP contribution in [0.15, 0.2) is 36.5 Å². The number of carbonyl (C=O) groups is 1. The summed E-state index contributed by atoms with van der Waals surface area (Å²) in [6, 6.07) is 8.41. The lowest BCUT2D eigenvalue weighted by Gasteiger charge is -2.32. The molecule has 120 valence electrons. The Morgan fingerprint density at radius 3 is 2.96 bits per heavy atom. The molecule has 1 saturated heterocycles. The number of likely N-dealkylation sites (tertiary alicyclic amines) is 1. The molecule has 0 spiro atoms. The molecule has 5 nitrogen and oxygen atoms in total. The first-order valence-electron chi connectivity index (χ1n) is 7.32. The molecule has 0 saturated carbocycles. The lowest BCUT2D eigenvalue weighted by Crippen LogP contribution is -2.44. The fourth-order valence-corrected chi connectivity index (χ4v) is 2.94. The van der Waals surface area contributed by atoms with E-state index in [1.165, 1.54) is 0 Å². The highest BCUT2D eigenvalue weighted by Crippen LogP contribution is 2.24. The molecule has 1 atom stereocenters. The van der Waals surface area contributed by atoms with Crippen LogP contribution in [-0.4, -0.2) is 40.2 Å². The average Bonchev–Trinajstić information content (AvgIpc) is 2.57. The van der Waals surface area contributed by atoms with Gasteiger partial charge < -0.3 is 9.64 Å². The molecule has 0 aliphatic carbocycles.